The Balaban J connectivity index is 1.27. The van der Waals surface area contributed by atoms with Crippen molar-refractivity contribution in [2.45, 2.75) is 50.4 Å². The van der Waals surface area contributed by atoms with Gasteiger partial charge in [0.05, 0.1) is 6.42 Å². The van der Waals surface area contributed by atoms with Gasteiger partial charge in [0.25, 0.3) is 0 Å². The first-order valence-corrected chi connectivity index (χ1v) is 10.2. The van der Waals surface area contributed by atoms with Gasteiger partial charge in [-0.15, -0.1) is 0 Å². The molecule has 0 aromatic heterocycles. The molecule has 0 saturated heterocycles. The molecule has 1 amide bonds. The zero-order chi connectivity index (χ0) is 18.4. The van der Waals surface area contributed by atoms with Crippen LogP contribution in [0.3, 0.4) is 0 Å². The molecule has 4 saturated carbocycles. The molecule has 4 bridgehead atoms. The fraction of sp³-hybridized carbons (Fsp3) is 0.458. The maximum atomic E-state index is 13.0. The molecule has 140 valence electrons. The van der Waals surface area contributed by atoms with E-state index in [1.165, 1.54) is 56.2 Å². The molecule has 2 aromatic carbocycles. The van der Waals surface area contributed by atoms with E-state index in [0.29, 0.717) is 5.41 Å². The van der Waals surface area contributed by atoms with Gasteiger partial charge in [-0.25, -0.2) is 4.39 Å². The number of rotatable bonds is 4. The number of hydrogen-bond donors (Lipinski definition) is 1. The van der Waals surface area contributed by atoms with Gasteiger partial charge in [-0.05, 0) is 97.1 Å². The van der Waals surface area contributed by atoms with E-state index in [9.17, 15) is 9.18 Å². The Bertz CT molecular complexity index is 804. The lowest BCUT2D eigenvalue weighted by Gasteiger charge is -2.57. The van der Waals surface area contributed by atoms with Gasteiger partial charge in [0.15, 0.2) is 0 Å². The lowest BCUT2D eigenvalue weighted by molar-refractivity contribution is -0.115. The summed E-state index contributed by atoms with van der Waals surface area (Å²) in [5.74, 6) is 2.47. The van der Waals surface area contributed by atoms with Crippen LogP contribution < -0.4 is 5.32 Å². The quantitative estimate of drug-likeness (QED) is 0.766. The van der Waals surface area contributed by atoms with Gasteiger partial charge in [0.2, 0.25) is 5.91 Å². The molecule has 4 aliphatic rings. The highest BCUT2D eigenvalue weighted by Gasteiger charge is 2.51. The molecule has 4 aliphatic carbocycles. The number of benzene rings is 2. The first kappa shape index (κ1) is 17.0. The van der Waals surface area contributed by atoms with Crippen molar-refractivity contribution >= 4 is 11.6 Å². The van der Waals surface area contributed by atoms with E-state index in [0.717, 1.165) is 29.0 Å². The summed E-state index contributed by atoms with van der Waals surface area (Å²) in [7, 11) is 0. The van der Waals surface area contributed by atoms with Crippen LogP contribution in [-0.4, -0.2) is 5.91 Å². The minimum atomic E-state index is -0.278. The summed E-state index contributed by atoms with van der Waals surface area (Å²) < 4.78 is 13.0. The normalized spacial score (nSPS) is 31.1. The van der Waals surface area contributed by atoms with Crippen LogP contribution in [0.1, 0.15) is 49.7 Å². The third kappa shape index (κ3) is 3.28. The number of hydrogen-bond acceptors (Lipinski definition) is 1. The Hall–Kier alpha value is -2.16. The predicted molar refractivity (Wildman–Crippen MR) is 105 cm³/mol. The Kier molecular flexibility index (Phi) is 4.07. The van der Waals surface area contributed by atoms with Crippen LogP contribution in [0, 0.1) is 23.6 Å². The minimum Gasteiger partial charge on any atom is -0.326 e. The van der Waals surface area contributed by atoms with E-state index in [1.807, 2.05) is 0 Å². The summed E-state index contributed by atoms with van der Waals surface area (Å²) in [6.45, 7) is 0. The van der Waals surface area contributed by atoms with Crippen molar-refractivity contribution < 1.29 is 9.18 Å². The largest absolute Gasteiger partial charge is 0.326 e. The van der Waals surface area contributed by atoms with Gasteiger partial charge in [0.1, 0.15) is 5.82 Å². The summed E-state index contributed by atoms with van der Waals surface area (Å²) >= 11 is 0. The maximum Gasteiger partial charge on any atom is 0.228 e. The first-order valence-electron chi connectivity index (χ1n) is 10.2. The molecule has 0 aliphatic heterocycles. The summed E-state index contributed by atoms with van der Waals surface area (Å²) in [6, 6.07) is 14.7. The Morgan fingerprint density at radius 3 is 2.00 bits per heavy atom. The summed E-state index contributed by atoms with van der Waals surface area (Å²) in [5.41, 5.74) is 3.53. The van der Waals surface area contributed by atoms with E-state index in [1.54, 1.807) is 12.1 Å². The molecule has 0 radical (unpaired) electrons. The maximum absolute atomic E-state index is 13.0. The molecule has 1 N–H and O–H groups in total. The minimum absolute atomic E-state index is 0.0656. The highest BCUT2D eigenvalue weighted by Crippen LogP contribution is 2.60. The molecular formula is C24H26FNO. The van der Waals surface area contributed by atoms with E-state index >= 15 is 0 Å². The van der Waals surface area contributed by atoms with Crippen LogP contribution in [0.25, 0.3) is 0 Å². The van der Waals surface area contributed by atoms with Gasteiger partial charge < -0.3 is 5.32 Å². The molecule has 0 unspecified atom stereocenters. The zero-order valence-corrected chi connectivity index (χ0v) is 15.6. The number of carbonyl (C=O) groups excluding carboxylic acids is 1. The van der Waals surface area contributed by atoms with Gasteiger partial charge in [-0.3, -0.25) is 4.79 Å². The monoisotopic (exact) mass is 363 g/mol. The van der Waals surface area contributed by atoms with Crippen molar-refractivity contribution in [2.75, 3.05) is 5.32 Å². The Morgan fingerprint density at radius 2 is 1.44 bits per heavy atom. The van der Waals surface area contributed by atoms with E-state index in [2.05, 4.69) is 29.6 Å². The van der Waals surface area contributed by atoms with Crippen LogP contribution in [0.15, 0.2) is 48.5 Å². The van der Waals surface area contributed by atoms with Gasteiger partial charge >= 0.3 is 0 Å². The van der Waals surface area contributed by atoms with E-state index < -0.39 is 0 Å². The second-order valence-electron chi connectivity index (χ2n) is 9.13. The molecule has 2 aromatic rings. The van der Waals surface area contributed by atoms with Crippen LogP contribution in [0.5, 0.6) is 0 Å². The summed E-state index contributed by atoms with van der Waals surface area (Å²) in [5, 5.41) is 2.97. The lowest BCUT2D eigenvalue weighted by atomic mass is 9.48. The molecule has 3 heteroatoms. The molecule has 0 heterocycles. The summed E-state index contributed by atoms with van der Waals surface area (Å²) in [4.78, 5) is 12.3. The Labute approximate surface area is 160 Å². The fourth-order valence-corrected chi connectivity index (χ4v) is 6.36. The second kappa shape index (κ2) is 6.47. The van der Waals surface area contributed by atoms with Gasteiger partial charge in [0, 0.05) is 5.69 Å². The van der Waals surface area contributed by atoms with E-state index in [4.69, 9.17) is 0 Å². The highest BCUT2D eigenvalue weighted by atomic mass is 19.1. The SMILES string of the molecule is O=C(Cc1ccc(F)cc1)Nc1ccc(C23CC4CC(CC(C4)C2)C3)cc1. The number of anilines is 1. The lowest BCUT2D eigenvalue weighted by Crippen LogP contribution is -2.48. The molecular weight excluding hydrogens is 337 g/mol. The van der Waals surface area contributed by atoms with Crippen molar-refractivity contribution in [2.24, 2.45) is 17.8 Å². The average molecular weight is 363 g/mol. The van der Waals surface area contributed by atoms with Crippen LogP contribution >= 0.6 is 0 Å². The number of carbonyl (C=O) groups is 1. The van der Waals surface area contributed by atoms with Crippen molar-refractivity contribution in [3.63, 3.8) is 0 Å². The van der Waals surface area contributed by atoms with Gasteiger partial charge in [-0.2, -0.15) is 0 Å². The van der Waals surface area contributed by atoms with Crippen LogP contribution in [0.2, 0.25) is 0 Å². The van der Waals surface area contributed by atoms with Crippen LogP contribution in [-0.2, 0) is 16.6 Å². The molecule has 0 spiro atoms. The third-order valence-electron chi connectivity index (χ3n) is 7.10. The predicted octanol–water partition coefficient (Wildman–Crippen LogP) is 5.47. The molecule has 2 nitrogen and oxygen atoms in total. The zero-order valence-electron chi connectivity index (χ0n) is 15.6. The first-order chi connectivity index (χ1) is 13.1. The fourth-order valence-electron chi connectivity index (χ4n) is 6.36. The number of halogens is 1. The molecule has 6 rings (SSSR count). The van der Waals surface area contributed by atoms with Crippen LogP contribution in [0.4, 0.5) is 10.1 Å². The molecule has 27 heavy (non-hydrogen) atoms. The molecule has 4 fully saturated rings. The van der Waals surface area contributed by atoms with E-state index in [-0.39, 0.29) is 18.1 Å². The topological polar surface area (TPSA) is 29.1 Å². The molecule has 0 atom stereocenters. The van der Waals surface area contributed by atoms with Crippen molar-refractivity contribution in [3.05, 3.63) is 65.5 Å². The third-order valence-corrected chi connectivity index (χ3v) is 7.10. The smallest absolute Gasteiger partial charge is 0.228 e. The van der Waals surface area contributed by atoms with Crippen molar-refractivity contribution in [1.29, 1.82) is 0 Å². The van der Waals surface area contributed by atoms with Gasteiger partial charge in [-0.1, -0.05) is 24.3 Å². The Morgan fingerprint density at radius 1 is 0.889 bits per heavy atom. The highest BCUT2D eigenvalue weighted by molar-refractivity contribution is 5.92. The van der Waals surface area contributed by atoms with Crippen molar-refractivity contribution in [3.8, 4) is 0 Å². The average Bonchev–Trinajstić information content (AvgIpc) is 2.63. The number of amides is 1. The standard InChI is InChI=1S/C24H26FNO/c25-21-5-1-16(2-6-21)12-23(27)26-22-7-3-20(4-8-22)24-13-17-9-18(14-24)11-19(10-17)15-24/h1-8,17-19H,9-15H2,(H,26,27). The second-order valence-corrected chi connectivity index (χ2v) is 9.13. The number of nitrogens with one attached hydrogen (secondary N) is 1. The van der Waals surface area contributed by atoms with Crippen molar-refractivity contribution in [1.82, 2.24) is 0 Å². The summed E-state index contributed by atoms with van der Waals surface area (Å²) in [6.07, 6.45) is 8.70.